The van der Waals surface area contributed by atoms with Crippen molar-refractivity contribution in [2.45, 2.75) is 13.0 Å². The van der Waals surface area contributed by atoms with Crippen molar-refractivity contribution in [3.63, 3.8) is 0 Å². The van der Waals surface area contributed by atoms with Gasteiger partial charge in [-0.1, -0.05) is 0 Å². The molecule has 0 saturated carbocycles. The summed E-state index contributed by atoms with van der Waals surface area (Å²) in [5, 5.41) is 0. The first kappa shape index (κ1) is 12.2. The molecule has 1 N–H and O–H groups in total. The van der Waals surface area contributed by atoms with E-state index in [0.717, 1.165) is 0 Å². The Morgan fingerprint density at radius 1 is 1.44 bits per heavy atom. The summed E-state index contributed by atoms with van der Waals surface area (Å²) >= 11 is 0. The summed E-state index contributed by atoms with van der Waals surface area (Å²) in [6.07, 6.45) is -4.53. The number of alkyl halides is 4. The summed E-state index contributed by atoms with van der Waals surface area (Å²) in [4.78, 5) is 23.3. The fourth-order valence-electron chi connectivity index (χ4n) is 1.04. The predicted molar refractivity (Wildman–Crippen MR) is 43.9 cm³/mol. The maximum Gasteiger partial charge on any atom is 0.573 e. The molecule has 0 atom stereocenters. The van der Waals surface area contributed by atoms with Crippen LogP contribution in [0.1, 0.15) is 15.9 Å². The fourth-order valence-corrected chi connectivity index (χ4v) is 1.04. The molecule has 1 aromatic heterocycles. The van der Waals surface area contributed by atoms with Crippen LogP contribution < -0.4 is 10.3 Å². The molecule has 4 nitrogen and oxygen atoms in total. The fraction of sp³-hybridized carbons (Fsp3) is 0.250. The van der Waals surface area contributed by atoms with Gasteiger partial charge in [0, 0.05) is 6.20 Å². The van der Waals surface area contributed by atoms with Gasteiger partial charge in [-0.3, -0.25) is 9.59 Å². The molecule has 0 bridgehead atoms. The molecule has 88 valence electrons. The van der Waals surface area contributed by atoms with E-state index in [1.165, 1.54) is 0 Å². The molecule has 0 aliphatic rings. The van der Waals surface area contributed by atoms with Gasteiger partial charge in [-0.25, -0.2) is 4.39 Å². The molecule has 16 heavy (non-hydrogen) atoms. The first-order valence-electron chi connectivity index (χ1n) is 3.90. The Morgan fingerprint density at radius 3 is 2.50 bits per heavy atom. The molecule has 0 saturated heterocycles. The molecule has 1 rings (SSSR count). The molecule has 0 fully saturated rings. The summed E-state index contributed by atoms with van der Waals surface area (Å²) in [5.74, 6) is -0.935. The van der Waals surface area contributed by atoms with Gasteiger partial charge in [0.2, 0.25) is 0 Å². The zero-order chi connectivity index (χ0) is 12.3. The van der Waals surface area contributed by atoms with Crippen LogP contribution in [0.25, 0.3) is 0 Å². The minimum absolute atomic E-state index is 0.0643. The Kier molecular flexibility index (Phi) is 3.31. The molecule has 0 amide bonds. The van der Waals surface area contributed by atoms with Crippen LogP contribution in [-0.2, 0) is 6.67 Å². The average Bonchev–Trinajstić information content (AvgIpc) is 2.18. The Morgan fingerprint density at radius 2 is 2.06 bits per heavy atom. The molecule has 0 aliphatic carbocycles. The topological polar surface area (TPSA) is 59.2 Å². The van der Waals surface area contributed by atoms with E-state index in [0.29, 0.717) is 6.20 Å². The van der Waals surface area contributed by atoms with Crippen molar-refractivity contribution in [2.24, 2.45) is 0 Å². The minimum atomic E-state index is -5.02. The Hall–Kier alpha value is -1.86. The molecule has 1 aromatic rings. The number of carbonyl (C=O) groups is 1. The number of pyridine rings is 1. The summed E-state index contributed by atoms with van der Waals surface area (Å²) in [6, 6.07) is 0. The maximum absolute atomic E-state index is 12.3. The van der Waals surface area contributed by atoms with Crippen LogP contribution in [-0.4, -0.2) is 17.6 Å². The number of carbonyl (C=O) groups excluding carboxylic acids is 1. The lowest BCUT2D eigenvalue weighted by Crippen LogP contribution is -2.22. The number of rotatable bonds is 3. The van der Waals surface area contributed by atoms with E-state index in [-0.39, 0.29) is 6.29 Å². The van der Waals surface area contributed by atoms with Gasteiger partial charge in [0.1, 0.15) is 6.67 Å². The van der Waals surface area contributed by atoms with Crippen LogP contribution >= 0.6 is 0 Å². The standard InChI is InChI=1S/C8H5F4NO3/c9-1-4-5(3-14)6(2-13-7(4)15)16-8(10,11)12/h2-3H,1H2,(H,13,15). The van der Waals surface area contributed by atoms with Crippen LogP contribution in [0.5, 0.6) is 5.75 Å². The van der Waals surface area contributed by atoms with Gasteiger partial charge in [0.25, 0.3) is 5.56 Å². The number of aldehydes is 1. The van der Waals surface area contributed by atoms with E-state index >= 15 is 0 Å². The van der Waals surface area contributed by atoms with Crippen LogP contribution in [0.4, 0.5) is 17.6 Å². The number of nitrogens with one attached hydrogen (secondary N) is 1. The SMILES string of the molecule is O=Cc1c(OC(F)(F)F)c[nH]c(=O)c1CF. The van der Waals surface area contributed by atoms with Crippen LogP contribution in [0.15, 0.2) is 11.0 Å². The van der Waals surface area contributed by atoms with Crippen molar-refractivity contribution >= 4 is 6.29 Å². The zero-order valence-corrected chi connectivity index (χ0v) is 7.60. The number of hydrogen-bond acceptors (Lipinski definition) is 3. The maximum atomic E-state index is 12.3. The normalized spacial score (nSPS) is 11.2. The van der Waals surface area contributed by atoms with Gasteiger partial charge in [-0.2, -0.15) is 0 Å². The van der Waals surface area contributed by atoms with Crippen molar-refractivity contribution in [3.8, 4) is 5.75 Å². The lowest BCUT2D eigenvalue weighted by atomic mass is 10.1. The van der Waals surface area contributed by atoms with Crippen LogP contribution in [0, 0.1) is 0 Å². The smallest absolute Gasteiger partial charge is 0.403 e. The summed E-state index contributed by atoms with van der Waals surface area (Å²) in [6.45, 7) is -1.36. The number of hydrogen-bond donors (Lipinski definition) is 1. The first-order valence-corrected chi connectivity index (χ1v) is 3.90. The first-order chi connectivity index (χ1) is 7.39. The zero-order valence-electron chi connectivity index (χ0n) is 7.60. The van der Waals surface area contributed by atoms with E-state index in [1.807, 2.05) is 4.98 Å². The number of aromatic amines is 1. The van der Waals surface area contributed by atoms with Crippen LogP contribution in [0.2, 0.25) is 0 Å². The van der Waals surface area contributed by atoms with Crippen molar-refractivity contribution in [3.05, 3.63) is 27.7 Å². The highest BCUT2D eigenvalue weighted by Crippen LogP contribution is 2.25. The third-order valence-corrected chi connectivity index (χ3v) is 1.68. The molecule has 0 spiro atoms. The lowest BCUT2D eigenvalue weighted by molar-refractivity contribution is -0.274. The molecule has 1 heterocycles. The molecular weight excluding hydrogens is 234 g/mol. The number of halogens is 4. The summed E-state index contributed by atoms with van der Waals surface area (Å²) < 4.78 is 51.4. The van der Waals surface area contributed by atoms with E-state index in [4.69, 9.17) is 0 Å². The van der Waals surface area contributed by atoms with E-state index in [1.54, 1.807) is 0 Å². The summed E-state index contributed by atoms with van der Waals surface area (Å²) in [7, 11) is 0. The summed E-state index contributed by atoms with van der Waals surface area (Å²) in [5.41, 5.74) is -2.42. The number of aromatic nitrogens is 1. The Labute approximate surface area is 85.8 Å². The van der Waals surface area contributed by atoms with Crippen molar-refractivity contribution in [2.75, 3.05) is 0 Å². The largest absolute Gasteiger partial charge is 0.573 e. The molecule has 0 aromatic carbocycles. The molecule has 0 unspecified atom stereocenters. The lowest BCUT2D eigenvalue weighted by Gasteiger charge is -2.11. The monoisotopic (exact) mass is 239 g/mol. The highest BCUT2D eigenvalue weighted by molar-refractivity contribution is 5.81. The van der Waals surface area contributed by atoms with Gasteiger partial charge in [0.15, 0.2) is 12.0 Å². The van der Waals surface area contributed by atoms with Gasteiger partial charge in [-0.05, 0) is 0 Å². The average molecular weight is 239 g/mol. The minimum Gasteiger partial charge on any atom is -0.403 e. The van der Waals surface area contributed by atoms with E-state index < -0.39 is 35.5 Å². The highest BCUT2D eigenvalue weighted by atomic mass is 19.4. The molecule has 8 heteroatoms. The Bertz CT molecular complexity index is 452. The van der Waals surface area contributed by atoms with E-state index in [9.17, 15) is 27.2 Å². The quantitative estimate of drug-likeness (QED) is 0.643. The van der Waals surface area contributed by atoms with Crippen LogP contribution in [0.3, 0.4) is 0 Å². The van der Waals surface area contributed by atoms with Crippen molar-refractivity contribution in [1.29, 1.82) is 0 Å². The second-order valence-corrected chi connectivity index (χ2v) is 2.67. The van der Waals surface area contributed by atoms with Gasteiger partial charge < -0.3 is 9.72 Å². The van der Waals surface area contributed by atoms with Gasteiger partial charge >= 0.3 is 6.36 Å². The van der Waals surface area contributed by atoms with Gasteiger partial charge in [-0.15, -0.1) is 13.2 Å². The molecular formula is C8H5F4NO3. The number of ether oxygens (including phenoxy) is 1. The highest BCUT2D eigenvalue weighted by Gasteiger charge is 2.33. The van der Waals surface area contributed by atoms with Crippen molar-refractivity contribution < 1.29 is 27.1 Å². The second-order valence-electron chi connectivity index (χ2n) is 2.67. The third-order valence-electron chi connectivity index (χ3n) is 1.68. The number of H-pyrrole nitrogens is 1. The third kappa shape index (κ3) is 2.59. The van der Waals surface area contributed by atoms with Crippen molar-refractivity contribution in [1.82, 2.24) is 4.98 Å². The van der Waals surface area contributed by atoms with E-state index in [2.05, 4.69) is 4.74 Å². The molecule has 0 aliphatic heterocycles. The second kappa shape index (κ2) is 4.33. The van der Waals surface area contributed by atoms with Gasteiger partial charge in [0.05, 0.1) is 11.1 Å². The molecule has 0 radical (unpaired) electrons. The predicted octanol–water partition coefficient (Wildman–Crippen LogP) is 1.56. The Balaban J connectivity index is 3.30.